The number of primary amides is 1. The highest BCUT2D eigenvalue weighted by molar-refractivity contribution is 14.0. The van der Waals surface area contributed by atoms with Crippen LogP contribution in [0.3, 0.4) is 0 Å². The fourth-order valence-corrected chi connectivity index (χ4v) is 4.67. The fraction of sp³-hybridized carbons (Fsp3) is 0.652. The summed E-state index contributed by atoms with van der Waals surface area (Å²) in [6.07, 6.45) is 5.28. The summed E-state index contributed by atoms with van der Waals surface area (Å²) in [5.41, 5.74) is 8.03. The van der Waals surface area contributed by atoms with Crippen LogP contribution in [0.1, 0.15) is 50.2 Å². The van der Waals surface area contributed by atoms with Gasteiger partial charge in [0.1, 0.15) is 0 Å². The van der Waals surface area contributed by atoms with Crippen molar-refractivity contribution < 1.29 is 4.79 Å². The van der Waals surface area contributed by atoms with E-state index in [4.69, 9.17) is 5.73 Å². The molecule has 2 aliphatic heterocycles. The van der Waals surface area contributed by atoms with Crippen molar-refractivity contribution in [3.63, 3.8) is 0 Å². The number of hydrogen-bond donors (Lipinski definition) is 2. The molecule has 7 heteroatoms. The molecule has 0 aliphatic carbocycles. The lowest BCUT2D eigenvalue weighted by molar-refractivity contribution is -0.119. The van der Waals surface area contributed by atoms with Crippen LogP contribution in [0.15, 0.2) is 29.3 Å². The van der Waals surface area contributed by atoms with Crippen molar-refractivity contribution in [2.24, 2.45) is 22.6 Å². The van der Waals surface area contributed by atoms with E-state index in [0.29, 0.717) is 12.3 Å². The molecule has 0 radical (unpaired) electrons. The summed E-state index contributed by atoms with van der Waals surface area (Å²) in [5.74, 6) is 1.84. The number of carbonyl (C=O) groups excluding carboxylic acids is 1. The third-order valence-electron chi connectivity index (χ3n) is 6.14. The number of hydrogen-bond acceptors (Lipinski definition) is 3. The van der Waals surface area contributed by atoms with Gasteiger partial charge >= 0.3 is 0 Å². The van der Waals surface area contributed by atoms with Crippen molar-refractivity contribution in [1.82, 2.24) is 15.1 Å². The SMILES string of the molecule is CN=C(NCc1ccc(CN2CCCC(C)C2)cc1)N1CCCC(CC(N)=O)C1.I. The van der Waals surface area contributed by atoms with Gasteiger partial charge in [0.25, 0.3) is 0 Å². The summed E-state index contributed by atoms with van der Waals surface area (Å²) >= 11 is 0. The summed E-state index contributed by atoms with van der Waals surface area (Å²) in [7, 11) is 1.82. The van der Waals surface area contributed by atoms with Crippen LogP contribution in [0, 0.1) is 11.8 Å². The predicted molar refractivity (Wildman–Crippen MR) is 134 cm³/mol. The monoisotopic (exact) mass is 527 g/mol. The molecule has 0 spiro atoms. The van der Waals surface area contributed by atoms with E-state index in [2.05, 4.69) is 51.3 Å². The van der Waals surface area contributed by atoms with Crippen molar-refractivity contribution in [3.8, 4) is 0 Å². The topological polar surface area (TPSA) is 74.0 Å². The van der Waals surface area contributed by atoms with E-state index in [9.17, 15) is 4.79 Å². The minimum Gasteiger partial charge on any atom is -0.370 e. The van der Waals surface area contributed by atoms with Crippen LogP contribution in [0.25, 0.3) is 0 Å². The number of amides is 1. The summed E-state index contributed by atoms with van der Waals surface area (Å²) < 4.78 is 0. The lowest BCUT2D eigenvalue weighted by atomic mass is 9.95. The first-order chi connectivity index (χ1) is 14.0. The number of guanidine groups is 1. The Kier molecular flexibility index (Phi) is 10.4. The van der Waals surface area contributed by atoms with Crippen LogP contribution in [0.5, 0.6) is 0 Å². The average molecular weight is 527 g/mol. The maximum absolute atomic E-state index is 11.2. The minimum atomic E-state index is -0.209. The number of piperidine rings is 2. The molecule has 0 aromatic heterocycles. The minimum absolute atomic E-state index is 0. The summed E-state index contributed by atoms with van der Waals surface area (Å²) in [5, 5.41) is 3.49. The molecule has 0 bridgehead atoms. The van der Waals surface area contributed by atoms with Gasteiger partial charge in [-0.3, -0.25) is 14.7 Å². The number of nitrogens with one attached hydrogen (secondary N) is 1. The second-order valence-electron chi connectivity index (χ2n) is 8.82. The molecular weight excluding hydrogens is 489 g/mol. The molecule has 30 heavy (non-hydrogen) atoms. The highest BCUT2D eigenvalue weighted by atomic mass is 127. The van der Waals surface area contributed by atoms with E-state index in [1.165, 1.54) is 37.1 Å². The van der Waals surface area contributed by atoms with Crippen LogP contribution in [0.4, 0.5) is 0 Å². The van der Waals surface area contributed by atoms with E-state index >= 15 is 0 Å². The van der Waals surface area contributed by atoms with E-state index in [1.807, 2.05) is 7.05 Å². The Hall–Kier alpha value is -1.35. The lowest BCUT2D eigenvalue weighted by Crippen LogP contribution is -2.46. The average Bonchev–Trinajstić information content (AvgIpc) is 2.69. The molecule has 1 aromatic rings. The Labute approximate surface area is 198 Å². The Balaban J connectivity index is 0.00000320. The first kappa shape index (κ1) is 24.9. The molecule has 0 saturated carbocycles. The molecule has 2 saturated heterocycles. The van der Waals surface area contributed by atoms with Crippen LogP contribution in [-0.4, -0.2) is 54.9 Å². The summed E-state index contributed by atoms with van der Waals surface area (Å²) in [6.45, 7) is 8.41. The molecule has 168 valence electrons. The molecule has 2 unspecified atom stereocenters. The molecular formula is C23H38IN5O. The van der Waals surface area contributed by atoms with Crippen molar-refractivity contribution in [2.45, 2.75) is 52.1 Å². The molecule has 3 rings (SSSR count). The first-order valence-corrected chi connectivity index (χ1v) is 11.1. The van der Waals surface area contributed by atoms with E-state index in [0.717, 1.165) is 50.9 Å². The van der Waals surface area contributed by atoms with Crippen LogP contribution in [-0.2, 0) is 17.9 Å². The maximum atomic E-state index is 11.2. The van der Waals surface area contributed by atoms with Crippen LogP contribution < -0.4 is 11.1 Å². The number of nitrogens with zero attached hydrogens (tertiary/aromatic N) is 3. The predicted octanol–water partition coefficient (Wildman–Crippen LogP) is 3.20. The molecule has 2 aliphatic rings. The largest absolute Gasteiger partial charge is 0.370 e. The van der Waals surface area contributed by atoms with Crippen molar-refractivity contribution in [2.75, 3.05) is 33.2 Å². The van der Waals surface area contributed by atoms with Crippen LogP contribution >= 0.6 is 24.0 Å². The number of nitrogens with two attached hydrogens (primary N) is 1. The molecule has 1 aromatic carbocycles. The number of carbonyl (C=O) groups is 1. The number of rotatable bonds is 6. The van der Waals surface area contributed by atoms with Crippen molar-refractivity contribution in [1.29, 1.82) is 0 Å². The first-order valence-electron chi connectivity index (χ1n) is 11.1. The Bertz CT molecular complexity index is 693. The Morgan fingerprint density at radius 2 is 1.83 bits per heavy atom. The van der Waals surface area contributed by atoms with Gasteiger partial charge in [-0.05, 0) is 55.2 Å². The maximum Gasteiger partial charge on any atom is 0.217 e. The quantitative estimate of drug-likeness (QED) is 0.339. The van der Waals surface area contributed by atoms with E-state index in [-0.39, 0.29) is 29.9 Å². The van der Waals surface area contributed by atoms with Gasteiger partial charge in [-0.2, -0.15) is 0 Å². The van der Waals surface area contributed by atoms with Gasteiger partial charge in [0.2, 0.25) is 5.91 Å². The highest BCUT2D eigenvalue weighted by Gasteiger charge is 2.23. The number of likely N-dealkylation sites (tertiary alicyclic amines) is 2. The molecule has 6 nitrogen and oxygen atoms in total. The molecule has 3 N–H and O–H groups in total. The molecule has 2 atom stereocenters. The molecule has 2 heterocycles. The van der Waals surface area contributed by atoms with Gasteiger partial charge in [0.05, 0.1) is 0 Å². The number of benzene rings is 1. The van der Waals surface area contributed by atoms with Crippen molar-refractivity contribution in [3.05, 3.63) is 35.4 Å². The standard InChI is InChI=1S/C23H37N5O.HI/c1-18-5-3-11-27(15-18)16-20-9-7-19(8-10-20)14-26-23(25-2)28-12-4-6-21(17-28)13-22(24)29;/h7-10,18,21H,3-6,11-17H2,1-2H3,(H2,24,29)(H,25,26);1H. The zero-order valence-corrected chi connectivity index (χ0v) is 20.8. The van der Waals surface area contributed by atoms with Gasteiger partial charge in [-0.1, -0.05) is 31.2 Å². The zero-order chi connectivity index (χ0) is 20.6. The number of halogens is 1. The third kappa shape index (κ3) is 7.72. The van der Waals surface area contributed by atoms with Crippen LogP contribution in [0.2, 0.25) is 0 Å². The summed E-state index contributed by atoms with van der Waals surface area (Å²) in [6, 6.07) is 8.94. The van der Waals surface area contributed by atoms with Gasteiger partial charge in [0, 0.05) is 46.2 Å². The van der Waals surface area contributed by atoms with Gasteiger partial charge < -0.3 is 16.0 Å². The third-order valence-corrected chi connectivity index (χ3v) is 6.14. The number of aliphatic imine (C=N–C) groups is 1. The fourth-order valence-electron chi connectivity index (χ4n) is 4.67. The Morgan fingerprint density at radius 1 is 1.13 bits per heavy atom. The smallest absolute Gasteiger partial charge is 0.217 e. The second kappa shape index (κ2) is 12.5. The lowest BCUT2D eigenvalue weighted by Gasteiger charge is -2.34. The Morgan fingerprint density at radius 3 is 2.50 bits per heavy atom. The van der Waals surface area contributed by atoms with E-state index in [1.54, 1.807) is 0 Å². The summed E-state index contributed by atoms with van der Waals surface area (Å²) in [4.78, 5) is 20.5. The zero-order valence-electron chi connectivity index (χ0n) is 18.5. The van der Waals surface area contributed by atoms with Gasteiger partial charge in [-0.25, -0.2) is 0 Å². The van der Waals surface area contributed by atoms with E-state index < -0.39 is 0 Å². The van der Waals surface area contributed by atoms with Crippen molar-refractivity contribution >= 4 is 35.8 Å². The highest BCUT2D eigenvalue weighted by Crippen LogP contribution is 2.20. The van der Waals surface area contributed by atoms with Gasteiger partial charge in [0.15, 0.2) is 5.96 Å². The molecule has 2 fully saturated rings. The van der Waals surface area contributed by atoms with Gasteiger partial charge in [-0.15, -0.1) is 24.0 Å². The second-order valence-corrected chi connectivity index (χ2v) is 8.82. The normalized spacial score (nSPS) is 23.0. The molecule has 1 amide bonds.